The summed E-state index contributed by atoms with van der Waals surface area (Å²) in [6, 6.07) is 10.3. The van der Waals surface area contributed by atoms with Gasteiger partial charge in [-0.2, -0.15) is 0 Å². The standard InChI is InChI=1S/C12H16ClPS/c13-14(15,11-7-3-1-4-8-11)12-9-5-2-6-10-12/h1,3-4,7-8,12H,2,5-6,9-10H2. The van der Waals surface area contributed by atoms with Gasteiger partial charge >= 0.3 is 0 Å². The lowest BCUT2D eigenvalue weighted by Gasteiger charge is -2.29. The molecule has 0 heterocycles. The Morgan fingerprint density at radius 1 is 1.07 bits per heavy atom. The first-order valence-corrected chi connectivity index (χ1v) is 9.34. The maximum Gasteiger partial charge on any atom is 0.0688 e. The lowest BCUT2D eigenvalue weighted by Crippen LogP contribution is -2.17. The number of halogens is 1. The predicted molar refractivity (Wildman–Crippen MR) is 73.1 cm³/mol. The lowest BCUT2D eigenvalue weighted by molar-refractivity contribution is 0.513. The fourth-order valence-corrected chi connectivity index (χ4v) is 6.21. The summed E-state index contributed by atoms with van der Waals surface area (Å²) in [4.78, 5) is 0. The molecule has 1 aliphatic carbocycles. The number of hydrogen-bond acceptors (Lipinski definition) is 1. The Morgan fingerprint density at radius 2 is 1.67 bits per heavy atom. The zero-order valence-electron chi connectivity index (χ0n) is 8.73. The molecule has 82 valence electrons. The van der Waals surface area contributed by atoms with Crippen LogP contribution in [0.3, 0.4) is 0 Å². The van der Waals surface area contributed by atoms with E-state index in [1.807, 2.05) is 18.2 Å². The van der Waals surface area contributed by atoms with E-state index in [-0.39, 0.29) is 0 Å². The third-order valence-electron chi connectivity index (χ3n) is 3.15. The second kappa shape index (κ2) is 4.99. The minimum atomic E-state index is -1.81. The molecule has 0 aliphatic heterocycles. The molecule has 1 aliphatic rings. The van der Waals surface area contributed by atoms with Crippen molar-refractivity contribution in [2.45, 2.75) is 37.8 Å². The second-order valence-electron chi connectivity index (χ2n) is 4.20. The summed E-state index contributed by atoms with van der Waals surface area (Å²) in [5.41, 5.74) is 0.574. The van der Waals surface area contributed by atoms with Crippen LogP contribution in [-0.2, 0) is 11.8 Å². The molecule has 0 saturated heterocycles. The van der Waals surface area contributed by atoms with Gasteiger partial charge < -0.3 is 0 Å². The van der Waals surface area contributed by atoms with E-state index in [0.29, 0.717) is 5.66 Å². The average Bonchev–Trinajstić information content (AvgIpc) is 2.31. The molecule has 1 aromatic carbocycles. The van der Waals surface area contributed by atoms with Gasteiger partial charge in [-0.25, -0.2) is 0 Å². The molecule has 1 unspecified atom stereocenters. The third-order valence-corrected chi connectivity index (χ3v) is 8.55. The molecule has 0 aromatic heterocycles. The van der Waals surface area contributed by atoms with Gasteiger partial charge in [0.25, 0.3) is 0 Å². The molecule has 2 rings (SSSR count). The van der Waals surface area contributed by atoms with E-state index in [0.717, 1.165) is 0 Å². The van der Waals surface area contributed by atoms with Crippen LogP contribution >= 0.6 is 16.6 Å². The van der Waals surface area contributed by atoms with Crippen molar-refractivity contribution in [2.24, 2.45) is 0 Å². The topological polar surface area (TPSA) is 0 Å². The summed E-state index contributed by atoms with van der Waals surface area (Å²) in [7, 11) is 0. The van der Waals surface area contributed by atoms with Crippen molar-refractivity contribution < 1.29 is 0 Å². The Kier molecular flexibility index (Phi) is 3.88. The van der Waals surface area contributed by atoms with Gasteiger partial charge in [-0.1, -0.05) is 72.6 Å². The van der Waals surface area contributed by atoms with Crippen LogP contribution in [0.4, 0.5) is 0 Å². The van der Waals surface area contributed by atoms with E-state index in [2.05, 4.69) is 12.1 Å². The van der Waals surface area contributed by atoms with Gasteiger partial charge in [0.1, 0.15) is 0 Å². The first-order valence-electron chi connectivity index (χ1n) is 5.56. The molecule has 15 heavy (non-hydrogen) atoms. The lowest BCUT2D eigenvalue weighted by atomic mass is 10.0. The SMILES string of the molecule is S=P(Cl)(c1ccccc1)C1CCCCC1. The van der Waals surface area contributed by atoms with Crippen LogP contribution in [0.15, 0.2) is 30.3 Å². The predicted octanol–water partition coefficient (Wildman–Crippen LogP) is 4.28. The highest BCUT2D eigenvalue weighted by Crippen LogP contribution is 2.59. The Balaban J connectivity index is 2.22. The van der Waals surface area contributed by atoms with Crippen molar-refractivity contribution in [3.05, 3.63) is 30.3 Å². The van der Waals surface area contributed by atoms with Gasteiger partial charge in [0.05, 0.1) is 5.39 Å². The molecule has 3 heteroatoms. The van der Waals surface area contributed by atoms with Crippen molar-refractivity contribution in [3.63, 3.8) is 0 Å². The minimum Gasteiger partial charge on any atom is -0.0803 e. The molecule has 1 fully saturated rings. The number of rotatable bonds is 2. The smallest absolute Gasteiger partial charge is 0.0688 e. The van der Waals surface area contributed by atoms with E-state index in [9.17, 15) is 0 Å². The zero-order valence-corrected chi connectivity index (χ0v) is 11.2. The first kappa shape index (κ1) is 11.6. The normalized spacial score (nSPS) is 22.2. The fraction of sp³-hybridized carbons (Fsp3) is 0.500. The highest BCUT2D eigenvalue weighted by molar-refractivity contribution is 8.30. The van der Waals surface area contributed by atoms with Crippen molar-refractivity contribution in [1.82, 2.24) is 0 Å². The van der Waals surface area contributed by atoms with E-state index >= 15 is 0 Å². The van der Waals surface area contributed by atoms with Gasteiger partial charge in [0.2, 0.25) is 0 Å². The Labute approximate surface area is 102 Å². The quantitative estimate of drug-likeness (QED) is 0.714. The van der Waals surface area contributed by atoms with Crippen LogP contribution in [-0.4, -0.2) is 5.66 Å². The Hall–Kier alpha value is 0.160. The maximum absolute atomic E-state index is 6.67. The fourth-order valence-electron chi connectivity index (χ4n) is 2.26. The van der Waals surface area contributed by atoms with Gasteiger partial charge in [-0.15, -0.1) is 0 Å². The second-order valence-corrected chi connectivity index (χ2v) is 10.5. The summed E-state index contributed by atoms with van der Waals surface area (Å²) in [6.45, 7) is 0. The van der Waals surface area contributed by atoms with E-state index in [1.165, 1.54) is 37.4 Å². The van der Waals surface area contributed by atoms with Crippen LogP contribution in [0, 0.1) is 0 Å². The molecule has 0 nitrogen and oxygen atoms in total. The molecule has 1 atom stereocenters. The molecule has 0 N–H and O–H groups in total. The van der Waals surface area contributed by atoms with Crippen LogP contribution in [0.5, 0.6) is 0 Å². The van der Waals surface area contributed by atoms with Gasteiger partial charge in [-0.3, -0.25) is 0 Å². The summed E-state index contributed by atoms with van der Waals surface area (Å²) < 4.78 is 0. The number of benzene rings is 1. The Morgan fingerprint density at radius 3 is 2.27 bits per heavy atom. The summed E-state index contributed by atoms with van der Waals surface area (Å²) >= 11 is 12.4. The van der Waals surface area contributed by atoms with Gasteiger partial charge in [0.15, 0.2) is 0 Å². The van der Waals surface area contributed by atoms with E-state index < -0.39 is 5.39 Å². The summed E-state index contributed by atoms with van der Waals surface area (Å²) in [5.74, 6) is 0. The molecule has 0 amide bonds. The largest absolute Gasteiger partial charge is 0.0803 e. The first-order chi connectivity index (χ1) is 7.21. The zero-order chi connectivity index (χ0) is 10.7. The maximum atomic E-state index is 6.67. The molecular weight excluding hydrogens is 243 g/mol. The van der Waals surface area contributed by atoms with Crippen molar-refractivity contribution in [2.75, 3.05) is 0 Å². The molecule has 0 spiro atoms. The van der Waals surface area contributed by atoms with Crippen LogP contribution in [0.1, 0.15) is 32.1 Å². The van der Waals surface area contributed by atoms with Crippen LogP contribution < -0.4 is 5.30 Å². The van der Waals surface area contributed by atoms with E-state index in [4.69, 9.17) is 23.0 Å². The molecule has 1 aromatic rings. The highest BCUT2D eigenvalue weighted by atomic mass is 35.7. The van der Waals surface area contributed by atoms with E-state index in [1.54, 1.807) is 0 Å². The third kappa shape index (κ3) is 2.64. The molecule has 0 bridgehead atoms. The Bertz CT molecular complexity index is 357. The van der Waals surface area contributed by atoms with Crippen LogP contribution in [0.2, 0.25) is 0 Å². The van der Waals surface area contributed by atoms with Gasteiger partial charge in [-0.05, 0) is 18.1 Å². The molecule has 1 saturated carbocycles. The number of hydrogen-bond donors (Lipinski definition) is 0. The van der Waals surface area contributed by atoms with Crippen molar-refractivity contribution in [1.29, 1.82) is 0 Å². The highest BCUT2D eigenvalue weighted by Gasteiger charge is 2.29. The van der Waals surface area contributed by atoms with Gasteiger partial charge in [0, 0.05) is 5.66 Å². The minimum absolute atomic E-state index is 0.574. The summed E-state index contributed by atoms with van der Waals surface area (Å²) in [6.07, 6.45) is 6.44. The molecule has 0 radical (unpaired) electrons. The molecular formula is C12H16ClPS. The van der Waals surface area contributed by atoms with Crippen molar-refractivity contribution in [3.8, 4) is 0 Å². The van der Waals surface area contributed by atoms with Crippen molar-refractivity contribution >= 4 is 33.7 Å². The average molecular weight is 259 g/mol. The summed E-state index contributed by atoms with van der Waals surface area (Å²) in [5, 5.41) is -0.612. The van der Waals surface area contributed by atoms with Crippen LogP contribution in [0.25, 0.3) is 0 Å². The monoisotopic (exact) mass is 258 g/mol.